The number of rotatable bonds is 14. The molecule has 0 saturated heterocycles. The Morgan fingerprint density at radius 2 is 1.30 bits per heavy atom. The highest BCUT2D eigenvalue weighted by Crippen LogP contribution is 2.15. The molecule has 1 aromatic rings. The van der Waals surface area contributed by atoms with E-state index in [1.54, 1.807) is 0 Å². The largest absolute Gasteiger partial charge is 0.396 e. The molecule has 3 N–H and O–H groups in total. The van der Waals surface area contributed by atoms with Crippen LogP contribution in [0.25, 0.3) is 0 Å². The fraction of sp³-hybridized carbons (Fsp3) is 0.667. The van der Waals surface area contributed by atoms with Crippen LogP contribution in [0.2, 0.25) is 0 Å². The van der Waals surface area contributed by atoms with Gasteiger partial charge in [0.25, 0.3) is 0 Å². The van der Waals surface area contributed by atoms with Crippen LogP contribution < -0.4 is 0 Å². The summed E-state index contributed by atoms with van der Waals surface area (Å²) in [6.45, 7) is 1.34. The molecule has 0 aliphatic rings. The van der Waals surface area contributed by atoms with Gasteiger partial charge >= 0.3 is 0 Å². The second-order valence-electron chi connectivity index (χ2n) is 5.98. The molecular formula is C18H30O5. The van der Waals surface area contributed by atoms with Gasteiger partial charge in [-0.3, -0.25) is 0 Å². The summed E-state index contributed by atoms with van der Waals surface area (Å²) < 4.78 is 11.1. The van der Waals surface area contributed by atoms with Gasteiger partial charge in [-0.15, -0.1) is 0 Å². The third-order valence-electron chi connectivity index (χ3n) is 3.85. The molecule has 0 amide bonds. The lowest BCUT2D eigenvalue weighted by molar-refractivity contribution is -0.0582. The van der Waals surface area contributed by atoms with E-state index in [9.17, 15) is 0 Å². The van der Waals surface area contributed by atoms with E-state index in [1.165, 1.54) is 5.56 Å². The predicted molar refractivity (Wildman–Crippen MR) is 89.1 cm³/mol. The second-order valence-corrected chi connectivity index (χ2v) is 5.98. The first-order valence-corrected chi connectivity index (χ1v) is 8.28. The Morgan fingerprint density at radius 3 is 1.87 bits per heavy atom. The van der Waals surface area contributed by atoms with Crippen LogP contribution in [0, 0.1) is 5.41 Å². The van der Waals surface area contributed by atoms with Crippen LogP contribution in [0.5, 0.6) is 0 Å². The summed E-state index contributed by atoms with van der Waals surface area (Å²) in [5, 5.41) is 27.5. The SMILES string of the molecule is OCC(CO)(CO)COCCCCCCOCc1ccccc1. The molecule has 5 heteroatoms. The van der Waals surface area contributed by atoms with Crippen LogP contribution in [0.1, 0.15) is 31.2 Å². The van der Waals surface area contributed by atoms with Gasteiger partial charge < -0.3 is 24.8 Å². The topological polar surface area (TPSA) is 79.2 Å². The zero-order valence-corrected chi connectivity index (χ0v) is 13.8. The quantitative estimate of drug-likeness (QED) is 0.454. The molecule has 23 heavy (non-hydrogen) atoms. The molecule has 1 rings (SSSR count). The molecule has 0 atom stereocenters. The molecule has 0 aromatic heterocycles. The van der Waals surface area contributed by atoms with Crippen molar-refractivity contribution in [2.45, 2.75) is 32.3 Å². The minimum atomic E-state index is -0.925. The van der Waals surface area contributed by atoms with Gasteiger partial charge in [0.15, 0.2) is 0 Å². The fourth-order valence-electron chi connectivity index (χ4n) is 2.10. The summed E-state index contributed by atoms with van der Waals surface area (Å²) in [5.41, 5.74) is 0.270. The molecule has 0 aliphatic heterocycles. The smallest absolute Gasteiger partial charge is 0.0716 e. The molecule has 0 aliphatic carbocycles. The van der Waals surface area contributed by atoms with Gasteiger partial charge in [0.2, 0.25) is 0 Å². The van der Waals surface area contributed by atoms with Gasteiger partial charge in [-0.1, -0.05) is 43.2 Å². The molecule has 0 fully saturated rings. The first-order chi connectivity index (χ1) is 11.3. The van der Waals surface area contributed by atoms with Crippen molar-refractivity contribution in [2.24, 2.45) is 5.41 Å². The highest BCUT2D eigenvalue weighted by molar-refractivity contribution is 5.13. The zero-order valence-electron chi connectivity index (χ0n) is 13.8. The average Bonchev–Trinajstić information content (AvgIpc) is 2.61. The Morgan fingerprint density at radius 1 is 0.739 bits per heavy atom. The van der Waals surface area contributed by atoms with Crippen LogP contribution in [-0.2, 0) is 16.1 Å². The lowest BCUT2D eigenvalue weighted by Gasteiger charge is -2.26. The summed E-state index contributed by atoms with van der Waals surface area (Å²) in [6.07, 6.45) is 4.10. The Bertz CT molecular complexity index is 370. The van der Waals surface area contributed by atoms with Crippen molar-refractivity contribution in [3.8, 4) is 0 Å². The third kappa shape index (κ3) is 8.44. The van der Waals surface area contributed by atoms with Crippen molar-refractivity contribution < 1.29 is 24.8 Å². The molecule has 1 aromatic carbocycles. The van der Waals surface area contributed by atoms with Crippen LogP contribution >= 0.6 is 0 Å². The molecule has 0 radical (unpaired) electrons. The molecule has 0 spiro atoms. The molecule has 0 heterocycles. The molecule has 5 nitrogen and oxygen atoms in total. The van der Waals surface area contributed by atoms with E-state index in [1.807, 2.05) is 18.2 Å². The first-order valence-electron chi connectivity index (χ1n) is 8.28. The van der Waals surface area contributed by atoms with Crippen molar-refractivity contribution in [1.29, 1.82) is 0 Å². The molecule has 132 valence electrons. The van der Waals surface area contributed by atoms with Crippen molar-refractivity contribution in [1.82, 2.24) is 0 Å². The first kappa shape index (κ1) is 20.1. The summed E-state index contributed by atoms with van der Waals surface area (Å²) in [4.78, 5) is 0. The monoisotopic (exact) mass is 326 g/mol. The normalized spacial score (nSPS) is 11.8. The average molecular weight is 326 g/mol. The van der Waals surface area contributed by atoms with Gasteiger partial charge in [0.05, 0.1) is 38.4 Å². The molecule has 0 bridgehead atoms. The number of hydrogen-bond acceptors (Lipinski definition) is 5. The third-order valence-corrected chi connectivity index (χ3v) is 3.85. The maximum absolute atomic E-state index is 9.17. The zero-order chi connectivity index (χ0) is 16.8. The summed E-state index contributed by atoms with van der Waals surface area (Å²) in [6, 6.07) is 10.1. The molecule has 0 unspecified atom stereocenters. The predicted octanol–water partition coefficient (Wildman–Crippen LogP) is 1.74. The fourth-order valence-corrected chi connectivity index (χ4v) is 2.10. The van der Waals surface area contributed by atoms with Crippen molar-refractivity contribution >= 4 is 0 Å². The number of unbranched alkanes of at least 4 members (excludes halogenated alkanes) is 3. The van der Waals surface area contributed by atoms with Crippen LogP contribution in [0.3, 0.4) is 0 Å². The number of benzene rings is 1. The van der Waals surface area contributed by atoms with E-state index in [0.29, 0.717) is 13.2 Å². The molecule has 0 saturated carbocycles. The Balaban J connectivity index is 1.92. The van der Waals surface area contributed by atoms with Gasteiger partial charge in [-0.25, -0.2) is 0 Å². The summed E-state index contributed by atoms with van der Waals surface area (Å²) >= 11 is 0. The lowest BCUT2D eigenvalue weighted by Crippen LogP contribution is -2.38. The number of ether oxygens (including phenoxy) is 2. The minimum Gasteiger partial charge on any atom is -0.396 e. The highest BCUT2D eigenvalue weighted by atomic mass is 16.5. The van der Waals surface area contributed by atoms with E-state index >= 15 is 0 Å². The minimum absolute atomic E-state index is 0.177. The maximum Gasteiger partial charge on any atom is 0.0716 e. The lowest BCUT2D eigenvalue weighted by atomic mass is 9.93. The van der Waals surface area contributed by atoms with E-state index in [2.05, 4.69) is 12.1 Å². The van der Waals surface area contributed by atoms with Crippen molar-refractivity contribution in [3.63, 3.8) is 0 Å². The number of aliphatic hydroxyl groups is 3. The van der Waals surface area contributed by atoms with Gasteiger partial charge in [-0.05, 0) is 18.4 Å². The van der Waals surface area contributed by atoms with Gasteiger partial charge in [0, 0.05) is 13.2 Å². The van der Waals surface area contributed by atoms with E-state index < -0.39 is 5.41 Å². The standard InChI is InChI=1S/C18H30O5/c19-13-18(14-20,15-21)16-23-11-7-2-1-6-10-22-12-17-8-4-3-5-9-17/h3-5,8-9,19-21H,1-2,6-7,10-16H2. The van der Waals surface area contributed by atoms with Gasteiger partial charge in [-0.2, -0.15) is 0 Å². The second kappa shape index (κ2) is 12.4. The number of aliphatic hydroxyl groups excluding tert-OH is 3. The van der Waals surface area contributed by atoms with Crippen LogP contribution in [0.15, 0.2) is 30.3 Å². The van der Waals surface area contributed by atoms with Crippen molar-refractivity contribution in [2.75, 3.05) is 39.6 Å². The van der Waals surface area contributed by atoms with Crippen molar-refractivity contribution in [3.05, 3.63) is 35.9 Å². The number of hydrogen-bond donors (Lipinski definition) is 3. The highest BCUT2D eigenvalue weighted by Gasteiger charge is 2.28. The van der Waals surface area contributed by atoms with E-state index in [0.717, 1.165) is 32.3 Å². The Labute approximate surface area is 138 Å². The van der Waals surface area contributed by atoms with Crippen LogP contribution in [-0.4, -0.2) is 55.0 Å². The van der Waals surface area contributed by atoms with E-state index in [-0.39, 0.29) is 26.4 Å². The maximum atomic E-state index is 9.17. The van der Waals surface area contributed by atoms with Gasteiger partial charge in [0.1, 0.15) is 0 Å². The Kier molecular flexibility index (Phi) is 10.9. The molecular weight excluding hydrogens is 296 g/mol. The summed E-state index contributed by atoms with van der Waals surface area (Å²) in [7, 11) is 0. The van der Waals surface area contributed by atoms with Crippen LogP contribution in [0.4, 0.5) is 0 Å². The Hall–Kier alpha value is -0.980. The van der Waals surface area contributed by atoms with E-state index in [4.69, 9.17) is 24.8 Å². The summed E-state index contributed by atoms with van der Waals surface area (Å²) in [5.74, 6) is 0.